The number of rotatable bonds is 3. The maximum atomic E-state index is 12.3. The number of aromatic nitrogens is 1. The first-order valence-electron chi connectivity index (χ1n) is 3.51. The number of carbonyl (C=O) groups excluding carboxylic acids is 1. The smallest absolute Gasteiger partial charge is 0.272 e. The molecular formula is C7H8ClFN2OS. The number of thiazole rings is 1. The van der Waals surface area contributed by atoms with Crippen LogP contribution in [0.25, 0.3) is 0 Å². The molecule has 1 atom stereocenters. The van der Waals surface area contributed by atoms with Crippen molar-refractivity contribution in [1.29, 1.82) is 0 Å². The van der Waals surface area contributed by atoms with Gasteiger partial charge in [0.25, 0.3) is 11.5 Å². The van der Waals surface area contributed by atoms with Crippen LogP contribution in [0.5, 0.6) is 0 Å². The Labute approximate surface area is 84.1 Å². The molecular weight excluding hydrogens is 215 g/mol. The van der Waals surface area contributed by atoms with Gasteiger partial charge in [-0.25, -0.2) is 9.37 Å². The SMILES string of the molecule is CN(Cc1cscn1)C(=O)C(F)Cl. The second-order valence-corrected chi connectivity index (χ2v) is 3.58. The van der Waals surface area contributed by atoms with Crippen LogP contribution >= 0.6 is 22.9 Å². The van der Waals surface area contributed by atoms with E-state index in [1.165, 1.54) is 23.3 Å². The Balaban J connectivity index is 2.51. The lowest BCUT2D eigenvalue weighted by atomic mass is 10.4. The minimum Gasteiger partial charge on any atom is -0.336 e. The van der Waals surface area contributed by atoms with Crippen molar-refractivity contribution in [3.63, 3.8) is 0 Å². The van der Waals surface area contributed by atoms with Crippen LogP contribution in [0.1, 0.15) is 5.69 Å². The Kier molecular flexibility index (Phi) is 3.62. The number of hydrogen-bond donors (Lipinski definition) is 0. The summed E-state index contributed by atoms with van der Waals surface area (Å²) in [5.74, 6) is -0.741. The van der Waals surface area contributed by atoms with Gasteiger partial charge in [-0.05, 0) is 0 Å². The second kappa shape index (κ2) is 4.53. The van der Waals surface area contributed by atoms with Gasteiger partial charge in [0, 0.05) is 12.4 Å². The molecule has 0 aromatic carbocycles. The molecule has 3 nitrogen and oxygen atoms in total. The highest BCUT2D eigenvalue weighted by molar-refractivity contribution is 7.07. The summed E-state index contributed by atoms with van der Waals surface area (Å²) < 4.78 is 12.3. The third-order valence-corrected chi connectivity index (χ3v) is 2.27. The number of alkyl halides is 2. The van der Waals surface area contributed by atoms with E-state index >= 15 is 0 Å². The number of halogens is 2. The normalized spacial score (nSPS) is 12.5. The highest BCUT2D eigenvalue weighted by atomic mass is 35.5. The Bertz CT molecular complexity index is 278. The summed E-state index contributed by atoms with van der Waals surface area (Å²) >= 11 is 6.41. The molecule has 1 rings (SSSR count). The van der Waals surface area contributed by atoms with E-state index in [2.05, 4.69) is 4.98 Å². The summed E-state index contributed by atoms with van der Waals surface area (Å²) in [4.78, 5) is 16.1. The highest BCUT2D eigenvalue weighted by Gasteiger charge is 2.18. The average Bonchev–Trinajstić information content (AvgIpc) is 2.55. The molecule has 0 radical (unpaired) electrons. The minimum absolute atomic E-state index is 0.287. The topological polar surface area (TPSA) is 33.2 Å². The maximum absolute atomic E-state index is 12.3. The lowest BCUT2D eigenvalue weighted by Crippen LogP contribution is -2.31. The van der Waals surface area contributed by atoms with E-state index < -0.39 is 11.5 Å². The molecule has 0 N–H and O–H groups in total. The van der Waals surface area contributed by atoms with E-state index in [1.54, 1.807) is 10.9 Å². The Morgan fingerprint density at radius 2 is 2.62 bits per heavy atom. The third kappa shape index (κ3) is 2.93. The molecule has 13 heavy (non-hydrogen) atoms. The van der Waals surface area contributed by atoms with E-state index in [9.17, 15) is 9.18 Å². The van der Waals surface area contributed by atoms with Crippen molar-refractivity contribution in [2.45, 2.75) is 12.2 Å². The van der Waals surface area contributed by atoms with Crippen molar-refractivity contribution in [2.24, 2.45) is 0 Å². The van der Waals surface area contributed by atoms with E-state index in [0.717, 1.165) is 5.69 Å². The van der Waals surface area contributed by atoms with Crippen LogP contribution in [0.15, 0.2) is 10.9 Å². The molecule has 0 aliphatic rings. The van der Waals surface area contributed by atoms with Crippen molar-refractivity contribution in [1.82, 2.24) is 9.88 Å². The zero-order valence-corrected chi connectivity index (χ0v) is 8.48. The quantitative estimate of drug-likeness (QED) is 0.729. The van der Waals surface area contributed by atoms with Crippen molar-refractivity contribution < 1.29 is 9.18 Å². The molecule has 0 saturated heterocycles. The zero-order valence-electron chi connectivity index (χ0n) is 6.91. The molecule has 1 heterocycles. The van der Waals surface area contributed by atoms with Gasteiger partial charge in [-0.2, -0.15) is 0 Å². The van der Waals surface area contributed by atoms with Gasteiger partial charge in [-0.15, -0.1) is 11.3 Å². The summed E-state index contributed by atoms with van der Waals surface area (Å²) in [6.45, 7) is 0.287. The van der Waals surface area contributed by atoms with Gasteiger partial charge in [0.05, 0.1) is 17.7 Å². The van der Waals surface area contributed by atoms with Crippen molar-refractivity contribution >= 4 is 28.8 Å². The van der Waals surface area contributed by atoms with Crippen LogP contribution in [0, 0.1) is 0 Å². The number of nitrogens with zero attached hydrogens (tertiary/aromatic N) is 2. The molecule has 0 spiro atoms. The predicted octanol–water partition coefficient (Wildman–Crippen LogP) is 1.64. The molecule has 0 saturated carbocycles. The van der Waals surface area contributed by atoms with Gasteiger partial charge < -0.3 is 4.90 Å². The fourth-order valence-corrected chi connectivity index (χ4v) is 1.52. The highest BCUT2D eigenvalue weighted by Crippen LogP contribution is 2.07. The van der Waals surface area contributed by atoms with E-state index in [-0.39, 0.29) is 6.54 Å². The van der Waals surface area contributed by atoms with Gasteiger partial charge in [0.1, 0.15) is 0 Å². The number of hydrogen-bond acceptors (Lipinski definition) is 3. The van der Waals surface area contributed by atoms with Crippen molar-refractivity contribution in [3.05, 3.63) is 16.6 Å². The summed E-state index contributed by atoms with van der Waals surface area (Å²) in [5.41, 5.74) is 0.420. The van der Waals surface area contributed by atoms with Crippen LogP contribution in [0.4, 0.5) is 4.39 Å². The third-order valence-electron chi connectivity index (χ3n) is 1.45. The molecule has 1 aromatic rings. The Morgan fingerprint density at radius 1 is 1.92 bits per heavy atom. The monoisotopic (exact) mass is 222 g/mol. The second-order valence-electron chi connectivity index (χ2n) is 2.47. The summed E-state index contributed by atoms with van der Waals surface area (Å²) in [7, 11) is 1.48. The molecule has 1 amide bonds. The molecule has 1 unspecified atom stereocenters. The van der Waals surface area contributed by atoms with Gasteiger partial charge in [0.2, 0.25) is 0 Å². The van der Waals surface area contributed by atoms with Crippen LogP contribution in [0.3, 0.4) is 0 Å². The fraction of sp³-hybridized carbons (Fsp3) is 0.429. The van der Waals surface area contributed by atoms with Gasteiger partial charge in [-0.3, -0.25) is 4.79 Å². The fourth-order valence-electron chi connectivity index (χ4n) is 0.803. The van der Waals surface area contributed by atoms with Crippen LogP contribution < -0.4 is 0 Å². The van der Waals surface area contributed by atoms with E-state index in [0.29, 0.717) is 0 Å². The van der Waals surface area contributed by atoms with Crippen molar-refractivity contribution in [2.75, 3.05) is 7.05 Å². The van der Waals surface area contributed by atoms with Gasteiger partial charge >= 0.3 is 0 Å². The molecule has 0 aliphatic carbocycles. The van der Waals surface area contributed by atoms with Crippen molar-refractivity contribution in [3.8, 4) is 0 Å². The van der Waals surface area contributed by atoms with Crippen LogP contribution in [-0.4, -0.2) is 28.5 Å². The predicted molar refractivity (Wildman–Crippen MR) is 49.3 cm³/mol. The number of amides is 1. The number of carbonyl (C=O) groups is 1. The Morgan fingerprint density at radius 3 is 3.08 bits per heavy atom. The zero-order chi connectivity index (χ0) is 9.84. The molecule has 6 heteroatoms. The summed E-state index contributed by atoms with van der Waals surface area (Å²) in [6, 6.07) is 0. The Hall–Kier alpha value is -0.680. The van der Waals surface area contributed by atoms with Gasteiger partial charge in [-0.1, -0.05) is 11.6 Å². The molecule has 1 aromatic heterocycles. The van der Waals surface area contributed by atoms with E-state index in [1.807, 2.05) is 0 Å². The first kappa shape index (κ1) is 10.4. The lowest BCUT2D eigenvalue weighted by molar-refractivity contribution is -0.132. The maximum Gasteiger partial charge on any atom is 0.272 e. The van der Waals surface area contributed by atoms with Gasteiger partial charge in [0.15, 0.2) is 0 Å². The lowest BCUT2D eigenvalue weighted by Gasteiger charge is -2.15. The molecule has 0 bridgehead atoms. The van der Waals surface area contributed by atoms with Crippen LogP contribution in [0.2, 0.25) is 0 Å². The first-order valence-corrected chi connectivity index (χ1v) is 4.89. The molecule has 0 aliphatic heterocycles. The van der Waals surface area contributed by atoms with Crippen LogP contribution in [-0.2, 0) is 11.3 Å². The largest absolute Gasteiger partial charge is 0.336 e. The average molecular weight is 223 g/mol. The first-order chi connectivity index (χ1) is 6.11. The minimum atomic E-state index is -1.97. The molecule has 0 fully saturated rings. The molecule has 72 valence electrons. The summed E-state index contributed by atoms with van der Waals surface area (Å²) in [6.07, 6.45) is 0. The van der Waals surface area contributed by atoms with E-state index in [4.69, 9.17) is 11.6 Å². The summed E-state index contributed by atoms with van der Waals surface area (Å²) in [5, 5.41) is 1.80. The standard InChI is InChI=1S/C7H8ClFN2OS/c1-11(7(12)6(8)9)2-5-3-13-4-10-5/h3-4,6H,2H2,1H3.